The molecular weight excluding hydrogens is 136 g/mol. The average molecular weight is 141 g/mol. The molecule has 0 atom stereocenters. The predicted molar refractivity (Wildman–Crippen MR) is 35.3 cm³/mol. The minimum absolute atomic E-state index is 0.0762. The predicted octanol–water partition coefficient (Wildman–Crippen LogP) is 0.902. The highest BCUT2D eigenvalue weighted by atomic mass is 32.1. The van der Waals surface area contributed by atoms with Crippen molar-refractivity contribution in [2.24, 2.45) is 0 Å². The number of amides is 1. The van der Waals surface area contributed by atoms with E-state index in [-0.39, 0.29) is 5.91 Å². The Balaban J connectivity index is 2.58. The van der Waals surface area contributed by atoms with E-state index in [1.165, 1.54) is 18.3 Å². The maximum absolute atomic E-state index is 10.4. The van der Waals surface area contributed by atoms with E-state index >= 15 is 0 Å². The number of carbonyl (C=O) groups excluding carboxylic acids is 1. The van der Waals surface area contributed by atoms with Crippen LogP contribution in [0.5, 0.6) is 0 Å². The number of hydrogen-bond acceptors (Lipinski definition) is 3. The maximum atomic E-state index is 10.4. The van der Waals surface area contributed by atoms with Gasteiger partial charge in [0, 0.05) is 6.92 Å². The Bertz CT molecular complexity index is 195. The van der Waals surface area contributed by atoms with E-state index in [0.717, 1.165) is 5.00 Å². The second-order valence-electron chi connectivity index (χ2n) is 1.50. The molecule has 9 heavy (non-hydrogen) atoms. The molecule has 1 aromatic heterocycles. The summed E-state index contributed by atoms with van der Waals surface area (Å²) in [5, 5.41) is 3.31. The summed E-state index contributed by atoms with van der Waals surface area (Å²) in [5.74, 6) is -0.0762. The van der Waals surface area contributed by atoms with Crippen molar-refractivity contribution in [2.75, 3.05) is 5.32 Å². The zero-order chi connectivity index (χ0) is 6.69. The Labute approximate surface area is 56.7 Å². The van der Waals surface area contributed by atoms with Crippen molar-refractivity contribution in [3.63, 3.8) is 0 Å². The number of hydrogen-bond donors (Lipinski definition) is 1. The van der Waals surface area contributed by atoms with Gasteiger partial charge in [0.15, 0.2) is 5.51 Å². The smallest absolute Gasteiger partial charge is 0.221 e. The van der Waals surface area contributed by atoms with Gasteiger partial charge in [0.05, 0.1) is 6.20 Å². The molecule has 0 spiro atoms. The summed E-state index contributed by atoms with van der Waals surface area (Å²) in [7, 11) is 0. The molecule has 1 rings (SSSR count). The SMILES string of the molecule is CC(=O)Nc1cn[c]s1. The van der Waals surface area contributed by atoms with Crippen molar-refractivity contribution >= 4 is 22.2 Å². The molecule has 0 aliphatic carbocycles. The lowest BCUT2D eigenvalue weighted by atomic mass is 10.7. The van der Waals surface area contributed by atoms with E-state index in [0.29, 0.717) is 0 Å². The molecule has 0 aliphatic rings. The summed E-state index contributed by atoms with van der Waals surface area (Å²) in [5.41, 5.74) is 2.61. The minimum atomic E-state index is -0.0762. The topological polar surface area (TPSA) is 42.0 Å². The Morgan fingerprint density at radius 3 is 3.22 bits per heavy atom. The van der Waals surface area contributed by atoms with Gasteiger partial charge in [-0.25, -0.2) is 4.98 Å². The van der Waals surface area contributed by atoms with E-state index < -0.39 is 0 Å². The lowest BCUT2D eigenvalue weighted by Crippen LogP contribution is -2.03. The molecule has 0 bridgehead atoms. The minimum Gasteiger partial charge on any atom is -0.317 e. The van der Waals surface area contributed by atoms with Crippen LogP contribution in [0.3, 0.4) is 0 Å². The summed E-state index contributed by atoms with van der Waals surface area (Å²) in [4.78, 5) is 14.0. The molecule has 1 N–H and O–H groups in total. The first-order chi connectivity index (χ1) is 4.29. The van der Waals surface area contributed by atoms with Crippen LogP contribution in [0.1, 0.15) is 6.92 Å². The molecular formula is C5H5N2OS. The largest absolute Gasteiger partial charge is 0.317 e. The van der Waals surface area contributed by atoms with Gasteiger partial charge in [0.25, 0.3) is 0 Å². The molecule has 1 heterocycles. The van der Waals surface area contributed by atoms with Crippen molar-refractivity contribution < 1.29 is 4.79 Å². The highest BCUT2D eigenvalue weighted by molar-refractivity contribution is 7.13. The van der Waals surface area contributed by atoms with E-state index in [1.54, 1.807) is 6.20 Å². The summed E-state index contributed by atoms with van der Waals surface area (Å²) in [6.07, 6.45) is 1.56. The summed E-state index contributed by atoms with van der Waals surface area (Å²) in [6.45, 7) is 1.46. The van der Waals surface area contributed by atoms with E-state index in [4.69, 9.17) is 0 Å². The van der Waals surface area contributed by atoms with Gasteiger partial charge in [-0.2, -0.15) is 0 Å². The second kappa shape index (κ2) is 2.59. The van der Waals surface area contributed by atoms with Crippen molar-refractivity contribution in [3.05, 3.63) is 11.7 Å². The molecule has 3 nitrogen and oxygen atoms in total. The standard InChI is InChI=1S/C5H5N2OS/c1-4(8)7-5-2-6-3-9-5/h2H,1H3,(H,7,8). The van der Waals surface area contributed by atoms with Gasteiger partial charge in [-0.05, 0) is 0 Å². The highest BCUT2D eigenvalue weighted by Gasteiger charge is 1.93. The van der Waals surface area contributed by atoms with Crippen molar-refractivity contribution in [3.8, 4) is 0 Å². The number of rotatable bonds is 1. The van der Waals surface area contributed by atoms with E-state index in [2.05, 4.69) is 15.8 Å². The van der Waals surface area contributed by atoms with E-state index in [1.807, 2.05) is 0 Å². The Morgan fingerprint density at radius 2 is 2.78 bits per heavy atom. The summed E-state index contributed by atoms with van der Waals surface area (Å²) < 4.78 is 0. The van der Waals surface area contributed by atoms with Crippen LogP contribution in [0.4, 0.5) is 5.00 Å². The molecule has 1 amide bonds. The first-order valence-corrected chi connectivity index (χ1v) is 3.20. The van der Waals surface area contributed by atoms with Crippen molar-refractivity contribution in [1.82, 2.24) is 4.98 Å². The third-order valence-electron chi connectivity index (χ3n) is 0.689. The molecule has 4 heteroatoms. The molecule has 0 aliphatic heterocycles. The van der Waals surface area contributed by atoms with Gasteiger partial charge in [0.1, 0.15) is 5.00 Å². The molecule has 0 fully saturated rings. The molecule has 1 aromatic rings. The van der Waals surface area contributed by atoms with Gasteiger partial charge >= 0.3 is 0 Å². The van der Waals surface area contributed by atoms with Crippen LogP contribution in [0, 0.1) is 5.51 Å². The number of nitrogens with zero attached hydrogens (tertiary/aromatic N) is 1. The summed E-state index contributed by atoms with van der Waals surface area (Å²) >= 11 is 1.28. The number of anilines is 1. The van der Waals surface area contributed by atoms with Gasteiger partial charge in [-0.15, -0.1) is 0 Å². The van der Waals surface area contributed by atoms with Gasteiger partial charge in [-0.3, -0.25) is 4.79 Å². The van der Waals surface area contributed by atoms with Crippen LogP contribution in [0.25, 0.3) is 0 Å². The second-order valence-corrected chi connectivity index (χ2v) is 2.32. The fourth-order valence-corrected chi connectivity index (χ4v) is 0.922. The molecule has 47 valence electrons. The van der Waals surface area contributed by atoms with Crippen molar-refractivity contribution in [2.45, 2.75) is 6.92 Å². The van der Waals surface area contributed by atoms with Crippen LogP contribution in [-0.2, 0) is 4.79 Å². The number of nitrogens with one attached hydrogen (secondary N) is 1. The molecule has 0 saturated carbocycles. The fourth-order valence-electron chi connectivity index (χ4n) is 0.418. The Morgan fingerprint density at radius 1 is 2.00 bits per heavy atom. The van der Waals surface area contributed by atoms with Crippen LogP contribution in [0.2, 0.25) is 0 Å². The lowest BCUT2D eigenvalue weighted by molar-refractivity contribution is -0.114. The molecule has 1 radical (unpaired) electrons. The van der Waals surface area contributed by atoms with Gasteiger partial charge in [-0.1, -0.05) is 11.3 Å². The van der Waals surface area contributed by atoms with Gasteiger partial charge in [0.2, 0.25) is 5.91 Å². The first-order valence-electron chi connectivity index (χ1n) is 2.38. The normalized spacial score (nSPS) is 9.00. The van der Waals surface area contributed by atoms with Crippen molar-refractivity contribution in [1.29, 1.82) is 0 Å². The Kier molecular flexibility index (Phi) is 1.79. The van der Waals surface area contributed by atoms with Crippen LogP contribution >= 0.6 is 11.3 Å². The number of thiazole rings is 1. The average Bonchev–Trinajstić information content (AvgIpc) is 2.15. The van der Waals surface area contributed by atoms with Gasteiger partial charge < -0.3 is 5.32 Å². The highest BCUT2D eigenvalue weighted by Crippen LogP contribution is 2.10. The molecule has 0 aromatic carbocycles. The molecule has 0 saturated heterocycles. The first kappa shape index (κ1) is 6.22. The number of carbonyl (C=O) groups is 1. The number of aromatic nitrogens is 1. The summed E-state index contributed by atoms with van der Waals surface area (Å²) in [6, 6.07) is 0. The third-order valence-corrected chi connectivity index (χ3v) is 1.31. The van der Waals surface area contributed by atoms with Crippen LogP contribution in [0.15, 0.2) is 6.20 Å². The monoisotopic (exact) mass is 141 g/mol. The maximum Gasteiger partial charge on any atom is 0.221 e. The third kappa shape index (κ3) is 1.81. The van der Waals surface area contributed by atoms with Crippen LogP contribution < -0.4 is 5.32 Å². The zero-order valence-electron chi connectivity index (χ0n) is 4.84. The Hall–Kier alpha value is -0.900. The zero-order valence-corrected chi connectivity index (χ0v) is 5.66. The quantitative estimate of drug-likeness (QED) is 0.631. The lowest BCUT2D eigenvalue weighted by Gasteiger charge is -1.91. The van der Waals surface area contributed by atoms with E-state index in [9.17, 15) is 4.79 Å². The fraction of sp³-hybridized carbons (Fsp3) is 0.200. The molecule has 0 unspecified atom stereocenters. The van der Waals surface area contributed by atoms with Crippen LogP contribution in [-0.4, -0.2) is 10.9 Å².